The highest BCUT2D eigenvalue weighted by atomic mass is 19.4. The van der Waals surface area contributed by atoms with Gasteiger partial charge in [0.25, 0.3) is 5.91 Å². The summed E-state index contributed by atoms with van der Waals surface area (Å²) in [4.78, 5) is 34.3. The minimum atomic E-state index is -4.48. The highest BCUT2D eigenvalue weighted by Crippen LogP contribution is 2.30. The molecular formula is C24H22F3N7O2. The number of likely N-dealkylation sites (tertiary alicyclic amines) is 1. The van der Waals surface area contributed by atoms with Crippen LogP contribution in [0.4, 0.5) is 19.0 Å². The first-order chi connectivity index (χ1) is 17.2. The number of anilines is 1. The Hall–Kier alpha value is -4.40. The number of hydrogen-bond acceptors (Lipinski definition) is 6. The number of halogens is 3. The van der Waals surface area contributed by atoms with Gasteiger partial charge in [0.1, 0.15) is 17.8 Å². The highest BCUT2D eigenvalue weighted by molar-refractivity contribution is 5.96. The van der Waals surface area contributed by atoms with Crippen LogP contribution in [-0.4, -0.2) is 49.6 Å². The maximum Gasteiger partial charge on any atom is 0.416 e. The fourth-order valence-corrected chi connectivity index (χ4v) is 4.02. The third-order valence-electron chi connectivity index (χ3n) is 5.75. The van der Waals surface area contributed by atoms with E-state index in [1.165, 1.54) is 24.5 Å². The Labute approximate surface area is 204 Å². The molecule has 0 unspecified atom stereocenters. The van der Waals surface area contributed by atoms with Crippen LogP contribution >= 0.6 is 0 Å². The number of nitrogens with one attached hydrogen (secondary N) is 1. The molecule has 1 saturated heterocycles. The number of nitrogen functional groups attached to an aromatic ring is 1. The van der Waals surface area contributed by atoms with E-state index in [0.717, 1.165) is 25.0 Å². The Morgan fingerprint density at radius 1 is 1.31 bits per heavy atom. The molecule has 9 nitrogen and oxygen atoms in total. The molecule has 0 aliphatic carbocycles. The Kier molecular flexibility index (Phi) is 6.91. The van der Waals surface area contributed by atoms with Crippen molar-refractivity contribution in [3.63, 3.8) is 0 Å². The van der Waals surface area contributed by atoms with Crippen molar-refractivity contribution in [2.45, 2.75) is 31.6 Å². The molecule has 0 saturated carbocycles. The number of benzene rings is 1. The third-order valence-corrected chi connectivity index (χ3v) is 5.75. The molecule has 1 aromatic carbocycles. The summed E-state index contributed by atoms with van der Waals surface area (Å²) in [7, 11) is 0. The van der Waals surface area contributed by atoms with Crippen LogP contribution in [0, 0.1) is 11.8 Å². The molecule has 0 radical (unpaired) electrons. The fraction of sp³-hybridized carbons (Fsp3) is 0.292. The van der Waals surface area contributed by atoms with Crippen LogP contribution in [0.3, 0.4) is 0 Å². The van der Waals surface area contributed by atoms with Gasteiger partial charge in [-0.2, -0.15) is 18.3 Å². The number of carbonyl (C=O) groups excluding carboxylic acids is 2. The van der Waals surface area contributed by atoms with E-state index in [9.17, 15) is 22.8 Å². The first-order valence-corrected chi connectivity index (χ1v) is 11.0. The molecule has 1 fully saturated rings. The summed E-state index contributed by atoms with van der Waals surface area (Å²) < 4.78 is 40.3. The molecule has 3 N–H and O–H groups in total. The fourth-order valence-electron chi connectivity index (χ4n) is 4.02. The van der Waals surface area contributed by atoms with Crippen molar-refractivity contribution in [2.24, 2.45) is 0 Å². The second-order valence-electron chi connectivity index (χ2n) is 8.17. The Bertz CT molecular complexity index is 1390. The number of piperidine rings is 1. The number of hydrogen-bond donors (Lipinski definition) is 2. The smallest absolute Gasteiger partial charge is 0.383 e. The zero-order valence-corrected chi connectivity index (χ0v) is 19.0. The van der Waals surface area contributed by atoms with Gasteiger partial charge in [-0.25, -0.2) is 14.6 Å². The average molecular weight is 497 g/mol. The minimum Gasteiger partial charge on any atom is -0.383 e. The van der Waals surface area contributed by atoms with Gasteiger partial charge in [-0.1, -0.05) is 18.7 Å². The van der Waals surface area contributed by atoms with Crippen LogP contribution in [0.15, 0.2) is 43.2 Å². The largest absolute Gasteiger partial charge is 0.416 e. The zero-order chi connectivity index (χ0) is 25.9. The topological polar surface area (TPSA) is 119 Å². The first-order valence-electron chi connectivity index (χ1n) is 11.0. The van der Waals surface area contributed by atoms with Crippen molar-refractivity contribution in [3.05, 3.63) is 60.1 Å². The minimum absolute atomic E-state index is 0.132. The maximum atomic E-state index is 12.9. The van der Waals surface area contributed by atoms with Gasteiger partial charge in [0.2, 0.25) is 5.91 Å². The molecule has 1 atom stereocenters. The molecule has 1 aliphatic heterocycles. The van der Waals surface area contributed by atoms with E-state index in [4.69, 9.17) is 5.73 Å². The van der Waals surface area contributed by atoms with Crippen LogP contribution in [0.1, 0.15) is 35.7 Å². The number of nitrogens with two attached hydrogens (primary N) is 1. The Morgan fingerprint density at radius 2 is 2.11 bits per heavy atom. The van der Waals surface area contributed by atoms with E-state index in [1.807, 2.05) is 0 Å². The number of aromatic nitrogens is 4. The number of alkyl halides is 3. The molecule has 186 valence electrons. The average Bonchev–Trinajstić information content (AvgIpc) is 3.25. The van der Waals surface area contributed by atoms with Crippen molar-refractivity contribution in [1.29, 1.82) is 0 Å². The van der Waals surface area contributed by atoms with Crippen molar-refractivity contribution >= 4 is 28.7 Å². The SMILES string of the molecule is C=CC(=O)N1CCC[C@@H](n2nc(C#CC(=O)NCc3cccc(C(F)(F)F)c3)c3c(N)ncnc32)C1. The summed E-state index contributed by atoms with van der Waals surface area (Å²) in [5.74, 6) is 4.33. The Balaban J connectivity index is 1.55. The third kappa shape index (κ3) is 5.30. The van der Waals surface area contributed by atoms with E-state index in [1.54, 1.807) is 9.58 Å². The van der Waals surface area contributed by atoms with Gasteiger partial charge >= 0.3 is 6.18 Å². The summed E-state index contributed by atoms with van der Waals surface area (Å²) in [6, 6.07) is 4.47. The molecule has 3 aromatic rings. The van der Waals surface area contributed by atoms with Crippen LogP contribution in [-0.2, 0) is 22.3 Å². The second-order valence-corrected chi connectivity index (χ2v) is 8.17. The first kappa shape index (κ1) is 24.7. The lowest BCUT2D eigenvalue weighted by molar-refractivity contribution is -0.137. The van der Waals surface area contributed by atoms with E-state index < -0.39 is 17.6 Å². The summed E-state index contributed by atoms with van der Waals surface area (Å²) in [5, 5.41) is 7.37. The molecule has 0 bridgehead atoms. The maximum absolute atomic E-state index is 12.9. The lowest BCUT2D eigenvalue weighted by Gasteiger charge is -2.32. The zero-order valence-electron chi connectivity index (χ0n) is 19.0. The van der Waals surface area contributed by atoms with Crippen molar-refractivity contribution in [2.75, 3.05) is 18.8 Å². The number of fused-ring (bicyclic) bond motifs is 1. The number of carbonyl (C=O) groups is 2. The summed E-state index contributed by atoms with van der Waals surface area (Å²) in [6.07, 6.45) is -0.421. The monoisotopic (exact) mass is 497 g/mol. The second kappa shape index (κ2) is 10.1. The molecule has 3 heterocycles. The summed E-state index contributed by atoms with van der Waals surface area (Å²) in [6.45, 7) is 4.41. The lowest BCUT2D eigenvalue weighted by atomic mass is 10.1. The van der Waals surface area contributed by atoms with Gasteiger partial charge in [-0.15, -0.1) is 0 Å². The lowest BCUT2D eigenvalue weighted by Crippen LogP contribution is -2.40. The van der Waals surface area contributed by atoms with E-state index >= 15 is 0 Å². The van der Waals surface area contributed by atoms with Crippen LogP contribution < -0.4 is 11.1 Å². The standard InChI is InChI=1S/C24H22F3N7O2/c1-2-20(36)33-10-4-7-17(13-33)34-23-21(22(28)30-14-31-23)18(32-34)8-9-19(35)29-12-15-5-3-6-16(11-15)24(25,26)27/h2-3,5-6,11,14,17H,1,4,7,10,12-13H2,(H,29,35)(H2,28,30,31)/t17-/m1/s1. The van der Waals surface area contributed by atoms with Crippen LogP contribution in [0.2, 0.25) is 0 Å². The molecule has 0 spiro atoms. The molecule has 12 heteroatoms. The molecular weight excluding hydrogens is 475 g/mol. The summed E-state index contributed by atoms with van der Waals surface area (Å²) in [5.41, 5.74) is 6.13. The molecule has 4 rings (SSSR count). The molecule has 1 aliphatic rings. The van der Waals surface area contributed by atoms with Crippen molar-refractivity contribution < 1.29 is 22.8 Å². The number of nitrogens with zero attached hydrogens (tertiary/aromatic N) is 5. The van der Waals surface area contributed by atoms with E-state index in [-0.39, 0.29) is 35.6 Å². The van der Waals surface area contributed by atoms with Crippen LogP contribution in [0.25, 0.3) is 11.0 Å². The van der Waals surface area contributed by atoms with Gasteiger partial charge in [0.05, 0.1) is 17.0 Å². The van der Waals surface area contributed by atoms with Crippen LogP contribution in [0.5, 0.6) is 0 Å². The molecule has 2 amide bonds. The van der Waals surface area contributed by atoms with Gasteiger partial charge in [-0.3, -0.25) is 9.59 Å². The predicted molar refractivity (Wildman–Crippen MR) is 125 cm³/mol. The summed E-state index contributed by atoms with van der Waals surface area (Å²) >= 11 is 0. The van der Waals surface area contributed by atoms with Crippen molar-refractivity contribution in [3.8, 4) is 11.8 Å². The van der Waals surface area contributed by atoms with Gasteiger partial charge < -0.3 is 16.0 Å². The number of amides is 2. The molecule has 36 heavy (non-hydrogen) atoms. The molecule has 2 aromatic heterocycles. The quantitative estimate of drug-likeness (QED) is 0.422. The number of rotatable bonds is 4. The van der Waals surface area contributed by atoms with Gasteiger partial charge in [0, 0.05) is 25.6 Å². The van der Waals surface area contributed by atoms with Gasteiger partial charge in [-0.05, 0) is 42.5 Å². The normalized spacial score (nSPS) is 15.8. The predicted octanol–water partition coefficient (Wildman–Crippen LogP) is 2.44. The van der Waals surface area contributed by atoms with E-state index in [0.29, 0.717) is 24.1 Å². The van der Waals surface area contributed by atoms with Crippen molar-refractivity contribution in [1.82, 2.24) is 30.0 Å². The Morgan fingerprint density at radius 3 is 2.86 bits per heavy atom. The van der Waals surface area contributed by atoms with Gasteiger partial charge in [0.15, 0.2) is 5.65 Å². The highest BCUT2D eigenvalue weighted by Gasteiger charge is 2.30. The van der Waals surface area contributed by atoms with E-state index in [2.05, 4.69) is 38.8 Å².